The topological polar surface area (TPSA) is 64.0 Å². The van der Waals surface area contributed by atoms with E-state index < -0.39 is 27.7 Å². The first-order valence-electron chi connectivity index (χ1n) is 7.37. The molecule has 0 radical (unpaired) electrons. The van der Waals surface area contributed by atoms with Gasteiger partial charge in [0.15, 0.2) is 0 Å². The third kappa shape index (κ3) is 3.75. The van der Waals surface area contributed by atoms with E-state index in [1.807, 2.05) is 0 Å². The Bertz CT molecular complexity index is 985. The highest BCUT2D eigenvalue weighted by atomic mass is 32.2. The van der Waals surface area contributed by atoms with Crippen LogP contribution in [0.15, 0.2) is 65.8 Å². The van der Waals surface area contributed by atoms with Crippen LogP contribution in [0, 0.1) is 11.6 Å². The summed E-state index contributed by atoms with van der Waals surface area (Å²) in [7, 11) is -2.30. The predicted octanol–water partition coefficient (Wildman–Crippen LogP) is 2.77. The molecule has 3 aromatic rings. The number of hydrogen-bond donors (Lipinski definition) is 1. The van der Waals surface area contributed by atoms with E-state index in [0.29, 0.717) is 11.4 Å². The Kier molecular flexibility index (Phi) is 4.65. The Morgan fingerprint density at radius 3 is 2.40 bits per heavy atom. The number of aromatic nitrogens is 2. The Balaban J connectivity index is 2.03. The first-order chi connectivity index (χ1) is 11.9. The fourth-order valence-corrected chi connectivity index (χ4v) is 3.65. The molecule has 0 saturated carbocycles. The van der Waals surface area contributed by atoms with Crippen molar-refractivity contribution in [2.75, 3.05) is 0 Å². The van der Waals surface area contributed by atoms with E-state index in [4.69, 9.17) is 0 Å². The van der Waals surface area contributed by atoms with Gasteiger partial charge in [-0.2, -0.15) is 4.72 Å². The van der Waals surface area contributed by atoms with Gasteiger partial charge in [-0.05, 0) is 35.9 Å². The van der Waals surface area contributed by atoms with Gasteiger partial charge in [-0.15, -0.1) is 0 Å². The van der Waals surface area contributed by atoms with E-state index in [1.165, 1.54) is 42.6 Å². The van der Waals surface area contributed by atoms with E-state index in [2.05, 4.69) is 9.71 Å². The third-order valence-electron chi connectivity index (χ3n) is 3.70. The summed E-state index contributed by atoms with van der Waals surface area (Å²) in [4.78, 5) is 3.98. The molecule has 1 N–H and O–H groups in total. The normalized spacial score (nSPS) is 12.9. The molecule has 3 rings (SSSR count). The lowest BCUT2D eigenvalue weighted by molar-refractivity contribution is 0.559. The number of halogens is 2. The lowest BCUT2D eigenvalue weighted by Crippen LogP contribution is -2.31. The molecular formula is C17H15F2N3O2S. The molecule has 130 valence electrons. The molecule has 0 aliphatic heterocycles. The predicted molar refractivity (Wildman–Crippen MR) is 88.2 cm³/mol. The van der Waals surface area contributed by atoms with Gasteiger partial charge in [0.25, 0.3) is 0 Å². The van der Waals surface area contributed by atoms with E-state index >= 15 is 0 Å². The zero-order valence-electron chi connectivity index (χ0n) is 13.2. The van der Waals surface area contributed by atoms with Crippen LogP contribution in [0.3, 0.4) is 0 Å². The average molecular weight is 363 g/mol. The van der Waals surface area contributed by atoms with Crippen LogP contribution < -0.4 is 4.72 Å². The van der Waals surface area contributed by atoms with Crippen LogP contribution >= 0.6 is 0 Å². The van der Waals surface area contributed by atoms with Crippen LogP contribution in [0.25, 0.3) is 0 Å². The number of benzene rings is 2. The summed E-state index contributed by atoms with van der Waals surface area (Å²) in [6, 6.07) is 9.28. The third-order valence-corrected chi connectivity index (χ3v) is 5.12. The minimum absolute atomic E-state index is 0.200. The lowest BCUT2D eigenvalue weighted by atomic mass is 10.1. The number of rotatable bonds is 5. The number of nitrogens with one attached hydrogen (secondary N) is 1. The van der Waals surface area contributed by atoms with E-state index in [9.17, 15) is 17.2 Å². The molecule has 0 aliphatic carbocycles. The Morgan fingerprint density at radius 2 is 1.80 bits per heavy atom. The maximum absolute atomic E-state index is 13.4. The van der Waals surface area contributed by atoms with Crippen molar-refractivity contribution in [3.8, 4) is 0 Å². The minimum Gasteiger partial charge on any atom is -0.336 e. The lowest BCUT2D eigenvalue weighted by Gasteiger charge is -2.19. The molecule has 8 heteroatoms. The molecule has 1 aromatic heterocycles. The van der Waals surface area contributed by atoms with Crippen LogP contribution in [-0.4, -0.2) is 18.0 Å². The van der Waals surface area contributed by atoms with Gasteiger partial charge in [0.05, 0.1) is 4.90 Å². The van der Waals surface area contributed by atoms with Gasteiger partial charge in [0.2, 0.25) is 10.0 Å². The standard InChI is InChI=1S/C17H15F2N3O2S/c1-22-10-9-20-17(22)16(12-5-7-13(18)8-6-12)21-25(23,24)15-4-2-3-14(19)11-15/h2-11,16,21H,1H3/t16-/m1/s1. The van der Waals surface area contributed by atoms with Crippen LogP contribution in [0.2, 0.25) is 0 Å². The fraction of sp³-hybridized carbons (Fsp3) is 0.118. The second-order valence-corrected chi connectivity index (χ2v) is 7.17. The first-order valence-corrected chi connectivity index (χ1v) is 8.86. The zero-order valence-corrected chi connectivity index (χ0v) is 14.0. The molecule has 25 heavy (non-hydrogen) atoms. The summed E-state index contributed by atoms with van der Waals surface area (Å²) in [5.41, 5.74) is 0.510. The van der Waals surface area contributed by atoms with Crippen LogP contribution in [0.4, 0.5) is 8.78 Å². The smallest absolute Gasteiger partial charge is 0.241 e. The number of aryl methyl sites for hydroxylation is 1. The Morgan fingerprint density at radius 1 is 1.08 bits per heavy atom. The second kappa shape index (κ2) is 6.73. The van der Waals surface area contributed by atoms with Crippen molar-refractivity contribution in [1.29, 1.82) is 0 Å². The molecule has 5 nitrogen and oxygen atoms in total. The summed E-state index contributed by atoms with van der Waals surface area (Å²) >= 11 is 0. The quantitative estimate of drug-likeness (QED) is 0.758. The minimum atomic E-state index is -4.02. The molecule has 1 heterocycles. The highest BCUT2D eigenvalue weighted by molar-refractivity contribution is 7.89. The summed E-state index contributed by atoms with van der Waals surface area (Å²) in [6.07, 6.45) is 3.20. The van der Waals surface area contributed by atoms with Gasteiger partial charge in [-0.1, -0.05) is 18.2 Å². The van der Waals surface area contributed by atoms with Crippen molar-refractivity contribution >= 4 is 10.0 Å². The molecule has 0 spiro atoms. The van der Waals surface area contributed by atoms with Crippen molar-refractivity contribution in [3.05, 3.63) is 83.9 Å². The number of sulfonamides is 1. The molecule has 0 aliphatic rings. The van der Waals surface area contributed by atoms with E-state index in [-0.39, 0.29) is 4.90 Å². The Hall–Kier alpha value is -2.58. The molecule has 0 bridgehead atoms. The van der Waals surface area contributed by atoms with Crippen molar-refractivity contribution in [2.45, 2.75) is 10.9 Å². The van der Waals surface area contributed by atoms with Crippen LogP contribution in [0.5, 0.6) is 0 Å². The SMILES string of the molecule is Cn1ccnc1[C@H](NS(=O)(=O)c1cccc(F)c1)c1ccc(F)cc1. The van der Waals surface area contributed by atoms with Gasteiger partial charge in [-0.3, -0.25) is 0 Å². The Labute approximate surface area is 144 Å². The van der Waals surface area contributed by atoms with Gasteiger partial charge < -0.3 is 4.57 Å². The van der Waals surface area contributed by atoms with Crippen molar-refractivity contribution in [1.82, 2.24) is 14.3 Å². The molecule has 0 amide bonds. The van der Waals surface area contributed by atoms with Crippen molar-refractivity contribution in [3.63, 3.8) is 0 Å². The van der Waals surface area contributed by atoms with Crippen LogP contribution in [-0.2, 0) is 17.1 Å². The number of nitrogens with zero attached hydrogens (tertiary/aromatic N) is 2. The first kappa shape index (κ1) is 17.2. The summed E-state index contributed by atoms with van der Waals surface area (Å²) < 4.78 is 56.1. The average Bonchev–Trinajstić information content (AvgIpc) is 2.99. The van der Waals surface area contributed by atoms with Gasteiger partial charge >= 0.3 is 0 Å². The summed E-state index contributed by atoms with van der Waals surface area (Å²) in [6.45, 7) is 0. The monoisotopic (exact) mass is 363 g/mol. The maximum Gasteiger partial charge on any atom is 0.241 e. The van der Waals surface area contributed by atoms with Crippen molar-refractivity contribution < 1.29 is 17.2 Å². The molecule has 0 unspecified atom stereocenters. The highest BCUT2D eigenvalue weighted by Gasteiger charge is 2.26. The molecular weight excluding hydrogens is 348 g/mol. The molecule has 1 atom stereocenters. The largest absolute Gasteiger partial charge is 0.336 e. The van der Waals surface area contributed by atoms with E-state index in [0.717, 1.165) is 12.1 Å². The summed E-state index contributed by atoms with van der Waals surface area (Å²) in [5.74, 6) is -0.667. The second-order valence-electron chi connectivity index (χ2n) is 5.46. The summed E-state index contributed by atoms with van der Waals surface area (Å²) in [5, 5.41) is 0. The van der Waals surface area contributed by atoms with Crippen molar-refractivity contribution in [2.24, 2.45) is 7.05 Å². The molecule has 2 aromatic carbocycles. The fourth-order valence-electron chi connectivity index (χ4n) is 2.44. The van der Waals surface area contributed by atoms with Gasteiger partial charge in [0.1, 0.15) is 23.5 Å². The van der Waals surface area contributed by atoms with Gasteiger partial charge in [0, 0.05) is 19.4 Å². The van der Waals surface area contributed by atoms with Crippen LogP contribution in [0.1, 0.15) is 17.4 Å². The van der Waals surface area contributed by atoms with E-state index in [1.54, 1.807) is 17.8 Å². The van der Waals surface area contributed by atoms with Gasteiger partial charge in [-0.25, -0.2) is 22.2 Å². The maximum atomic E-state index is 13.4. The highest BCUT2D eigenvalue weighted by Crippen LogP contribution is 2.24. The number of hydrogen-bond acceptors (Lipinski definition) is 3. The molecule has 0 saturated heterocycles. The zero-order chi connectivity index (χ0) is 18.0. The molecule has 0 fully saturated rings. The number of imidazole rings is 1.